The molecule has 106 valence electrons. The van der Waals surface area contributed by atoms with Crippen molar-refractivity contribution >= 4 is 11.6 Å². The fourth-order valence-corrected chi connectivity index (χ4v) is 2.44. The standard InChI is InChI=1S/C17H20ClNO/c1-13(10-14-6-5-8-16(18)11-14)19-12-15-7-3-4-9-17(15)20-2/h3-9,11,13,19H,10,12H2,1-2H3. The number of nitrogens with one attached hydrogen (secondary N) is 1. The van der Waals surface area contributed by atoms with Gasteiger partial charge in [0.25, 0.3) is 0 Å². The van der Waals surface area contributed by atoms with Crippen molar-refractivity contribution in [2.45, 2.75) is 25.9 Å². The molecule has 0 heterocycles. The van der Waals surface area contributed by atoms with Crippen LogP contribution in [0.5, 0.6) is 5.75 Å². The molecule has 0 aliphatic heterocycles. The largest absolute Gasteiger partial charge is 0.496 e. The monoisotopic (exact) mass is 289 g/mol. The number of rotatable bonds is 6. The fourth-order valence-electron chi connectivity index (χ4n) is 2.22. The molecule has 0 aliphatic rings. The zero-order chi connectivity index (χ0) is 14.4. The van der Waals surface area contributed by atoms with E-state index in [0.29, 0.717) is 6.04 Å². The van der Waals surface area contributed by atoms with Gasteiger partial charge in [-0.1, -0.05) is 41.9 Å². The van der Waals surface area contributed by atoms with Crippen LogP contribution in [0.3, 0.4) is 0 Å². The Hall–Kier alpha value is -1.51. The number of para-hydroxylation sites is 1. The van der Waals surface area contributed by atoms with Crippen LogP contribution < -0.4 is 10.1 Å². The van der Waals surface area contributed by atoms with Gasteiger partial charge in [0.1, 0.15) is 5.75 Å². The van der Waals surface area contributed by atoms with Gasteiger partial charge >= 0.3 is 0 Å². The van der Waals surface area contributed by atoms with E-state index in [0.717, 1.165) is 23.7 Å². The Labute approximate surface area is 125 Å². The summed E-state index contributed by atoms with van der Waals surface area (Å²) in [5.74, 6) is 0.926. The van der Waals surface area contributed by atoms with E-state index in [4.69, 9.17) is 16.3 Å². The van der Waals surface area contributed by atoms with Crippen molar-refractivity contribution in [1.82, 2.24) is 5.32 Å². The topological polar surface area (TPSA) is 21.3 Å². The van der Waals surface area contributed by atoms with E-state index < -0.39 is 0 Å². The lowest BCUT2D eigenvalue weighted by Gasteiger charge is -2.15. The number of hydrogen-bond donors (Lipinski definition) is 1. The van der Waals surface area contributed by atoms with Crippen LogP contribution in [0.1, 0.15) is 18.1 Å². The van der Waals surface area contributed by atoms with E-state index in [2.05, 4.69) is 24.4 Å². The molecule has 0 amide bonds. The summed E-state index contributed by atoms with van der Waals surface area (Å²) >= 11 is 6.00. The molecule has 0 bridgehead atoms. The van der Waals surface area contributed by atoms with Gasteiger partial charge in [-0.3, -0.25) is 0 Å². The van der Waals surface area contributed by atoms with Gasteiger partial charge in [0.15, 0.2) is 0 Å². The molecule has 2 nitrogen and oxygen atoms in total. The maximum absolute atomic E-state index is 6.00. The zero-order valence-corrected chi connectivity index (χ0v) is 12.7. The minimum Gasteiger partial charge on any atom is -0.496 e. The van der Waals surface area contributed by atoms with Crippen LogP contribution in [-0.4, -0.2) is 13.2 Å². The molecule has 1 unspecified atom stereocenters. The van der Waals surface area contributed by atoms with Crippen LogP contribution in [0.4, 0.5) is 0 Å². The molecular formula is C17H20ClNO. The van der Waals surface area contributed by atoms with Gasteiger partial charge in [-0.15, -0.1) is 0 Å². The van der Waals surface area contributed by atoms with Crippen LogP contribution >= 0.6 is 11.6 Å². The maximum atomic E-state index is 6.00. The van der Waals surface area contributed by atoms with Gasteiger partial charge < -0.3 is 10.1 Å². The highest BCUT2D eigenvalue weighted by Crippen LogP contribution is 2.17. The van der Waals surface area contributed by atoms with E-state index in [9.17, 15) is 0 Å². The minimum absolute atomic E-state index is 0.373. The molecule has 20 heavy (non-hydrogen) atoms. The van der Waals surface area contributed by atoms with E-state index in [1.807, 2.05) is 36.4 Å². The predicted molar refractivity (Wildman–Crippen MR) is 84.5 cm³/mol. The molecule has 2 aromatic carbocycles. The first-order chi connectivity index (χ1) is 9.69. The average Bonchev–Trinajstić information content (AvgIpc) is 2.45. The predicted octanol–water partition coefficient (Wildman–Crippen LogP) is 4.07. The van der Waals surface area contributed by atoms with Crippen molar-refractivity contribution in [1.29, 1.82) is 0 Å². The fraction of sp³-hybridized carbons (Fsp3) is 0.294. The van der Waals surface area contributed by atoms with Crippen molar-refractivity contribution in [3.05, 3.63) is 64.7 Å². The summed E-state index contributed by atoms with van der Waals surface area (Å²) in [5, 5.41) is 4.31. The van der Waals surface area contributed by atoms with Crippen LogP contribution in [0, 0.1) is 0 Å². The second-order valence-electron chi connectivity index (χ2n) is 4.93. The van der Waals surface area contributed by atoms with Gasteiger partial charge in [-0.25, -0.2) is 0 Å². The summed E-state index contributed by atoms with van der Waals surface area (Å²) in [6, 6.07) is 16.5. The van der Waals surface area contributed by atoms with Crippen LogP contribution in [-0.2, 0) is 13.0 Å². The van der Waals surface area contributed by atoms with Gasteiger partial charge in [0, 0.05) is 23.2 Å². The van der Waals surface area contributed by atoms with Gasteiger partial charge in [0.2, 0.25) is 0 Å². The smallest absolute Gasteiger partial charge is 0.123 e. The Morgan fingerprint density at radius 3 is 2.70 bits per heavy atom. The normalized spacial score (nSPS) is 12.2. The lowest BCUT2D eigenvalue weighted by molar-refractivity contribution is 0.405. The molecule has 0 aromatic heterocycles. The summed E-state index contributed by atoms with van der Waals surface area (Å²) in [6.45, 7) is 2.97. The summed E-state index contributed by atoms with van der Waals surface area (Å²) in [4.78, 5) is 0. The second kappa shape index (κ2) is 7.32. The number of halogens is 1. The molecule has 0 radical (unpaired) electrons. The molecule has 0 aliphatic carbocycles. The van der Waals surface area contributed by atoms with Crippen LogP contribution in [0.25, 0.3) is 0 Å². The zero-order valence-electron chi connectivity index (χ0n) is 11.9. The number of ether oxygens (including phenoxy) is 1. The molecule has 1 N–H and O–H groups in total. The Bertz CT molecular complexity index is 556. The number of benzene rings is 2. The highest BCUT2D eigenvalue weighted by atomic mass is 35.5. The van der Waals surface area contributed by atoms with Crippen molar-refractivity contribution in [2.24, 2.45) is 0 Å². The minimum atomic E-state index is 0.373. The average molecular weight is 290 g/mol. The Balaban J connectivity index is 1.90. The molecule has 2 rings (SSSR count). The van der Waals surface area contributed by atoms with Crippen LogP contribution in [0.15, 0.2) is 48.5 Å². The summed E-state index contributed by atoms with van der Waals surface area (Å²) in [5.41, 5.74) is 2.42. The van der Waals surface area contributed by atoms with E-state index in [-0.39, 0.29) is 0 Å². The Morgan fingerprint density at radius 2 is 1.95 bits per heavy atom. The third-order valence-corrected chi connectivity index (χ3v) is 3.50. The first-order valence-electron chi connectivity index (χ1n) is 6.79. The number of hydrogen-bond acceptors (Lipinski definition) is 2. The molecule has 0 fully saturated rings. The maximum Gasteiger partial charge on any atom is 0.123 e. The molecule has 0 spiro atoms. The van der Waals surface area contributed by atoms with Gasteiger partial charge in [-0.05, 0) is 37.1 Å². The number of methoxy groups -OCH3 is 1. The molecular weight excluding hydrogens is 270 g/mol. The second-order valence-corrected chi connectivity index (χ2v) is 5.36. The van der Waals surface area contributed by atoms with Crippen molar-refractivity contribution in [3.8, 4) is 5.75 Å². The quantitative estimate of drug-likeness (QED) is 0.865. The first-order valence-corrected chi connectivity index (χ1v) is 7.16. The lowest BCUT2D eigenvalue weighted by atomic mass is 10.1. The molecule has 0 saturated carbocycles. The molecule has 3 heteroatoms. The highest BCUT2D eigenvalue weighted by Gasteiger charge is 2.06. The van der Waals surface area contributed by atoms with Gasteiger partial charge in [0.05, 0.1) is 7.11 Å². The Kier molecular flexibility index (Phi) is 5.45. The first kappa shape index (κ1) is 14.9. The van der Waals surface area contributed by atoms with Crippen molar-refractivity contribution < 1.29 is 4.74 Å². The molecule has 0 saturated heterocycles. The summed E-state index contributed by atoms with van der Waals surface area (Å²) in [6.07, 6.45) is 0.954. The van der Waals surface area contributed by atoms with E-state index >= 15 is 0 Å². The summed E-state index contributed by atoms with van der Waals surface area (Å²) < 4.78 is 5.35. The van der Waals surface area contributed by atoms with Crippen molar-refractivity contribution in [2.75, 3.05) is 7.11 Å². The van der Waals surface area contributed by atoms with E-state index in [1.165, 1.54) is 11.1 Å². The molecule has 2 aromatic rings. The van der Waals surface area contributed by atoms with E-state index in [1.54, 1.807) is 7.11 Å². The van der Waals surface area contributed by atoms with Gasteiger partial charge in [-0.2, -0.15) is 0 Å². The van der Waals surface area contributed by atoms with Crippen molar-refractivity contribution in [3.63, 3.8) is 0 Å². The van der Waals surface area contributed by atoms with Crippen LogP contribution in [0.2, 0.25) is 5.02 Å². The SMILES string of the molecule is COc1ccccc1CNC(C)Cc1cccc(Cl)c1. The third kappa shape index (κ3) is 4.26. The Morgan fingerprint density at radius 1 is 1.15 bits per heavy atom. The highest BCUT2D eigenvalue weighted by molar-refractivity contribution is 6.30. The summed E-state index contributed by atoms with van der Waals surface area (Å²) in [7, 11) is 1.70. The molecule has 1 atom stereocenters. The third-order valence-electron chi connectivity index (χ3n) is 3.26. The lowest BCUT2D eigenvalue weighted by Crippen LogP contribution is -2.27.